The largest absolute Gasteiger partial charge is 0.318 e. The second-order valence-corrected chi connectivity index (χ2v) is 6.36. The lowest BCUT2D eigenvalue weighted by atomic mass is 10.1. The van der Waals surface area contributed by atoms with Gasteiger partial charge in [-0.2, -0.15) is 0 Å². The van der Waals surface area contributed by atoms with Crippen LogP contribution >= 0.6 is 0 Å². The molecule has 0 radical (unpaired) electrons. The highest BCUT2D eigenvalue weighted by atomic mass is 16.6. The molecule has 1 saturated heterocycles. The van der Waals surface area contributed by atoms with Crippen molar-refractivity contribution in [1.82, 2.24) is 0 Å². The van der Waals surface area contributed by atoms with Crippen molar-refractivity contribution in [2.75, 3.05) is 22.1 Å². The fourth-order valence-electron chi connectivity index (χ4n) is 2.98. The van der Waals surface area contributed by atoms with Crippen LogP contribution in [-0.2, 0) is 14.4 Å². The third-order valence-corrected chi connectivity index (χ3v) is 4.36. The van der Waals surface area contributed by atoms with Crippen LogP contribution in [0.15, 0.2) is 42.5 Å². The molecule has 1 heterocycles. The molecule has 0 aromatic heterocycles. The minimum Gasteiger partial charge on any atom is -0.318 e. The van der Waals surface area contributed by atoms with Gasteiger partial charge >= 0.3 is 11.8 Å². The van der Waals surface area contributed by atoms with Crippen LogP contribution in [0.25, 0.3) is 0 Å². The summed E-state index contributed by atoms with van der Waals surface area (Å²) in [6, 6.07) is 10.2. The Morgan fingerprint density at radius 2 is 1.64 bits per heavy atom. The normalized spacial score (nSPS) is 13.3. The number of hydrogen-bond acceptors (Lipinski definition) is 5. The van der Waals surface area contributed by atoms with Crippen LogP contribution in [0.2, 0.25) is 0 Å². The molecule has 2 aromatic rings. The van der Waals surface area contributed by atoms with E-state index in [9.17, 15) is 24.5 Å². The molecule has 1 aliphatic rings. The van der Waals surface area contributed by atoms with Gasteiger partial charge in [0.05, 0.1) is 4.92 Å². The van der Waals surface area contributed by atoms with Crippen molar-refractivity contribution in [1.29, 1.82) is 0 Å². The lowest BCUT2D eigenvalue weighted by molar-refractivity contribution is -0.384. The van der Waals surface area contributed by atoms with E-state index in [1.807, 2.05) is 6.92 Å². The van der Waals surface area contributed by atoms with Crippen molar-refractivity contribution >= 4 is 40.5 Å². The Labute approximate surface area is 160 Å². The lowest BCUT2D eigenvalue weighted by Crippen LogP contribution is -2.29. The molecule has 0 atom stereocenters. The van der Waals surface area contributed by atoms with Gasteiger partial charge in [-0.1, -0.05) is 0 Å². The summed E-state index contributed by atoms with van der Waals surface area (Å²) in [5.74, 6) is -1.70. The molecule has 0 saturated carbocycles. The summed E-state index contributed by atoms with van der Waals surface area (Å²) < 4.78 is 0. The second-order valence-electron chi connectivity index (χ2n) is 6.36. The molecule has 9 heteroatoms. The SMILES string of the molecule is Cc1cc(NC(=O)C(=O)Nc2ccc([N+](=O)[O-])cc2)ccc1N1CCCC1=O. The van der Waals surface area contributed by atoms with Gasteiger partial charge < -0.3 is 15.5 Å². The zero-order chi connectivity index (χ0) is 20.3. The number of benzene rings is 2. The molecule has 144 valence electrons. The van der Waals surface area contributed by atoms with Crippen molar-refractivity contribution < 1.29 is 19.3 Å². The van der Waals surface area contributed by atoms with Crippen molar-refractivity contribution in [2.24, 2.45) is 0 Å². The number of aryl methyl sites for hydroxylation is 1. The van der Waals surface area contributed by atoms with E-state index in [-0.39, 0.29) is 17.3 Å². The van der Waals surface area contributed by atoms with Crippen LogP contribution < -0.4 is 15.5 Å². The fraction of sp³-hybridized carbons (Fsp3) is 0.211. The number of hydrogen-bond donors (Lipinski definition) is 2. The molecule has 3 amide bonds. The first-order chi connectivity index (χ1) is 13.3. The van der Waals surface area contributed by atoms with E-state index in [0.29, 0.717) is 18.7 Å². The molecular weight excluding hydrogens is 364 g/mol. The summed E-state index contributed by atoms with van der Waals surface area (Å²) in [4.78, 5) is 47.8. The van der Waals surface area contributed by atoms with Crippen molar-refractivity contribution in [3.05, 3.63) is 58.1 Å². The zero-order valence-electron chi connectivity index (χ0n) is 15.1. The molecule has 28 heavy (non-hydrogen) atoms. The maximum atomic E-state index is 12.1. The predicted octanol–water partition coefficient (Wildman–Crippen LogP) is 2.61. The molecule has 0 spiro atoms. The smallest absolute Gasteiger partial charge is 0.314 e. The molecule has 0 bridgehead atoms. The zero-order valence-corrected chi connectivity index (χ0v) is 15.1. The second kappa shape index (κ2) is 7.87. The van der Waals surface area contributed by atoms with E-state index in [4.69, 9.17) is 0 Å². The maximum absolute atomic E-state index is 12.1. The Morgan fingerprint density at radius 1 is 1.04 bits per heavy atom. The van der Waals surface area contributed by atoms with E-state index < -0.39 is 16.7 Å². The number of nitro benzene ring substituents is 1. The van der Waals surface area contributed by atoms with Gasteiger partial charge in [-0.15, -0.1) is 0 Å². The quantitative estimate of drug-likeness (QED) is 0.478. The van der Waals surface area contributed by atoms with Gasteiger partial charge in [0, 0.05) is 42.2 Å². The van der Waals surface area contributed by atoms with Crippen LogP contribution in [0, 0.1) is 17.0 Å². The molecule has 9 nitrogen and oxygen atoms in total. The van der Waals surface area contributed by atoms with E-state index in [0.717, 1.165) is 17.7 Å². The van der Waals surface area contributed by atoms with E-state index in [1.54, 1.807) is 23.1 Å². The van der Waals surface area contributed by atoms with E-state index >= 15 is 0 Å². The first-order valence-electron chi connectivity index (χ1n) is 8.63. The lowest BCUT2D eigenvalue weighted by Gasteiger charge is -2.19. The Morgan fingerprint density at radius 3 is 2.18 bits per heavy atom. The monoisotopic (exact) mass is 382 g/mol. The molecule has 0 unspecified atom stereocenters. The summed E-state index contributed by atoms with van der Waals surface area (Å²) in [7, 11) is 0. The molecule has 3 rings (SSSR count). The number of carbonyl (C=O) groups excluding carboxylic acids is 3. The average molecular weight is 382 g/mol. The van der Waals surface area contributed by atoms with Crippen molar-refractivity contribution in [2.45, 2.75) is 19.8 Å². The van der Waals surface area contributed by atoms with Gasteiger partial charge in [-0.3, -0.25) is 24.5 Å². The standard InChI is InChI=1S/C19H18N4O5/c1-12-11-14(6-9-16(12)22-10-2-3-17(22)24)21-19(26)18(25)20-13-4-7-15(8-5-13)23(27)28/h4-9,11H,2-3,10H2,1H3,(H,20,25)(H,21,26). The number of carbonyl (C=O) groups is 3. The molecule has 1 fully saturated rings. The third-order valence-electron chi connectivity index (χ3n) is 4.36. The number of non-ortho nitro benzene ring substituents is 1. The van der Waals surface area contributed by atoms with Crippen LogP contribution in [0.1, 0.15) is 18.4 Å². The summed E-state index contributed by atoms with van der Waals surface area (Å²) in [5.41, 5.74) is 2.18. The minimum absolute atomic E-state index is 0.0716. The number of nitrogens with zero attached hydrogens (tertiary/aromatic N) is 2. The number of amides is 3. The van der Waals surface area contributed by atoms with Crippen LogP contribution in [0.4, 0.5) is 22.7 Å². The van der Waals surface area contributed by atoms with Crippen molar-refractivity contribution in [3.63, 3.8) is 0 Å². The minimum atomic E-state index is -0.898. The van der Waals surface area contributed by atoms with Gasteiger partial charge in [0.15, 0.2) is 0 Å². The number of nitrogens with one attached hydrogen (secondary N) is 2. The summed E-state index contributed by atoms with van der Waals surface area (Å²) in [6.45, 7) is 2.50. The molecule has 2 N–H and O–H groups in total. The van der Waals surface area contributed by atoms with Gasteiger partial charge in [0.2, 0.25) is 5.91 Å². The highest BCUT2D eigenvalue weighted by Gasteiger charge is 2.23. The highest BCUT2D eigenvalue weighted by Crippen LogP contribution is 2.27. The number of anilines is 3. The Balaban J connectivity index is 1.63. The number of nitro groups is 1. The summed E-state index contributed by atoms with van der Waals surface area (Å²) >= 11 is 0. The van der Waals surface area contributed by atoms with Crippen LogP contribution in [0.5, 0.6) is 0 Å². The Kier molecular flexibility index (Phi) is 5.35. The maximum Gasteiger partial charge on any atom is 0.314 e. The molecule has 2 aromatic carbocycles. The molecular formula is C19H18N4O5. The Bertz CT molecular complexity index is 955. The first kappa shape index (κ1) is 19.0. The van der Waals surface area contributed by atoms with Gasteiger partial charge in [0.1, 0.15) is 0 Å². The molecule has 0 aliphatic carbocycles. The van der Waals surface area contributed by atoms with E-state index in [2.05, 4.69) is 10.6 Å². The van der Waals surface area contributed by atoms with Crippen molar-refractivity contribution in [3.8, 4) is 0 Å². The van der Waals surface area contributed by atoms with Crippen LogP contribution in [0.3, 0.4) is 0 Å². The first-order valence-corrected chi connectivity index (χ1v) is 8.63. The van der Waals surface area contributed by atoms with Gasteiger partial charge in [-0.05, 0) is 49.2 Å². The van der Waals surface area contributed by atoms with Gasteiger partial charge in [0.25, 0.3) is 5.69 Å². The Hall–Kier alpha value is -3.75. The summed E-state index contributed by atoms with van der Waals surface area (Å²) in [5, 5.41) is 15.5. The van der Waals surface area contributed by atoms with Gasteiger partial charge in [-0.25, -0.2) is 0 Å². The average Bonchev–Trinajstić information content (AvgIpc) is 3.08. The van der Waals surface area contributed by atoms with E-state index in [1.165, 1.54) is 24.3 Å². The topological polar surface area (TPSA) is 122 Å². The predicted molar refractivity (Wildman–Crippen MR) is 103 cm³/mol. The highest BCUT2D eigenvalue weighted by molar-refractivity contribution is 6.43. The number of rotatable bonds is 4. The van der Waals surface area contributed by atoms with Crippen LogP contribution in [-0.4, -0.2) is 29.2 Å². The third kappa shape index (κ3) is 4.14. The fourth-order valence-corrected chi connectivity index (χ4v) is 2.98. The summed E-state index contributed by atoms with van der Waals surface area (Å²) in [6.07, 6.45) is 1.35. The molecule has 1 aliphatic heterocycles.